The minimum Gasteiger partial charge on any atom is -0.352 e. The molecule has 0 aliphatic rings. The molecule has 2 aromatic heterocycles. The van der Waals surface area contributed by atoms with Crippen molar-refractivity contribution in [3.05, 3.63) is 78.0 Å². The molecule has 2 amide bonds. The summed E-state index contributed by atoms with van der Waals surface area (Å²) in [5, 5.41) is 5.65. The van der Waals surface area contributed by atoms with Gasteiger partial charge in [-0.15, -0.1) is 0 Å². The number of benzene rings is 2. The predicted molar refractivity (Wildman–Crippen MR) is 125 cm³/mol. The van der Waals surface area contributed by atoms with E-state index in [1.54, 1.807) is 30.5 Å². The van der Waals surface area contributed by atoms with E-state index >= 15 is 0 Å². The van der Waals surface area contributed by atoms with Crippen LogP contribution < -0.4 is 10.6 Å². The summed E-state index contributed by atoms with van der Waals surface area (Å²) in [4.78, 5) is 32.9. The number of anilines is 1. The lowest BCUT2D eigenvalue weighted by atomic mass is 10.1. The van der Waals surface area contributed by atoms with Crippen LogP contribution in [0.25, 0.3) is 22.6 Å². The molecule has 0 radical (unpaired) electrons. The molecule has 32 heavy (non-hydrogen) atoms. The summed E-state index contributed by atoms with van der Waals surface area (Å²) in [5.41, 5.74) is 5.14. The molecule has 0 aliphatic carbocycles. The summed E-state index contributed by atoms with van der Waals surface area (Å²) >= 11 is 0. The zero-order valence-corrected chi connectivity index (χ0v) is 18.1. The first-order chi connectivity index (χ1) is 15.5. The van der Waals surface area contributed by atoms with Crippen LogP contribution in [0.3, 0.4) is 0 Å². The number of aromatic nitrogens is 3. The second kappa shape index (κ2) is 9.43. The molecule has 7 nitrogen and oxygen atoms in total. The largest absolute Gasteiger partial charge is 0.352 e. The molecule has 0 saturated heterocycles. The molecule has 0 spiro atoms. The fourth-order valence-electron chi connectivity index (χ4n) is 3.54. The van der Waals surface area contributed by atoms with E-state index in [-0.39, 0.29) is 11.8 Å². The normalized spacial score (nSPS) is 10.8. The number of amides is 2. The number of nitrogens with one attached hydrogen (secondary N) is 2. The Balaban J connectivity index is 1.42. The number of carbonyl (C=O) groups is 2. The van der Waals surface area contributed by atoms with Crippen LogP contribution in [0.2, 0.25) is 0 Å². The van der Waals surface area contributed by atoms with Gasteiger partial charge in [0.2, 0.25) is 5.91 Å². The fourth-order valence-corrected chi connectivity index (χ4v) is 3.54. The summed E-state index contributed by atoms with van der Waals surface area (Å²) in [6.45, 7) is 4.71. The Morgan fingerprint density at radius 2 is 1.75 bits per heavy atom. The maximum atomic E-state index is 12.4. The van der Waals surface area contributed by atoms with Crippen molar-refractivity contribution >= 4 is 28.7 Å². The molecule has 0 aliphatic heterocycles. The minimum absolute atomic E-state index is 0.145. The van der Waals surface area contributed by atoms with Crippen LogP contribution in [-0.4, -0.2) is 32.9 Å². The van der Waals surface area contributed by atoms with Crippen LogP contribution >= 0.6 is 0 Å². The lowest BCUT2D eigenvalue weighted by Gasteiger charge is -2.10. The number of nitrogens with zero attached hydrogens (tertiary/aromatic N) is 3. The Kier molecular flexibility index (Phi) is 6.26. The first-order valence-corrected chi connectivity index (χ1v) is 10.6. The molecule has 0 atom stereocenters. The zero-order chi connectivity index (χ0) is 22.5. The maximum absolute atomic E-state index is 12.4. The Hall–Kier alpha value is -4.00. The number of fused-ring (bicyclic) bond motifs is 1. The number of aryl methyl sites for hydroxylation is 2. The monoisotopic (exact) mass is 427 g/mol. The van der Waals surface area contributed by atoms with E-state index in [1.165, 1.54) is 12.5 Å². The molecular weight excluding hydrogens is 402 g/mol. The van der Waals surface area contributed by atoms with Gasteiger partial charge in [0.15, 0.2) is 5.65 Å². The molecule has 4 rings (SSSR count). The third kappa shape index (κ3) is 4.83. The van der Waals surface area contributed by atoms with Gasteiger partial charge in [0.1, 0.15) is 11.3 Å². The first-order valence-electron chi connectivity index (χ1n) is 10.6. The molecule has 7 heteroatoms. The average Bonchev–Trinajstić information content (AvgIpc) is 3.16. The van der Waals surface area contributed by atoms with Crippen LogP contribution in [0, 0.1) is 6.92 Å². The third-order valence-electron chi connectivity index (χ3n) is 5.13. The highest BCUT2D eigenvalue weighted by molar-refractivity contribution is 5.95. The van der Waals surface area contributed by atoms with Crippen molar-refractivity contribution in [2.24, 2.45) is 0 Å². The quantitative estimate of drug-likeness (QED) is 0.433. The highest BCUT2D eigenvalue weighted by Crippen LogP contribution is 2.24. The summed E-state index contributed by atoms with van der Waals surface area (Å²) in [6.07, 6.45) is 2.50. The van der Waals surface area contributed by atoms with Crippen LogP contribution in [-0.2, 0) is 11.3 Å². The van der Waals surface area contributed by atoms with E-state index in [9.17, 15) is 9.59 Å². The van der Waals surface area contributed by atoms with Crippen LogP contribution in [0.5, 0.6) is 0 Å². The summed E-state index contributed by atoms with van der Waals surface area (Å²) < 4.78 is 2.11. The molecule has 0 unspecified atom stereocenters. The molecule has 0 saturated carbocycles. The fraction of sp³-hybridized carbons (Fsp3) is 0.200. The van der Waals surface area contributed by atoms with Crippen molar-refractivity contribution in [3.8, 4) is 11.4 Å². The number of rotatable bonds is 7. The highest BCUT2D eigenvalue weighted by atomic mass is 16.2. The summed E-state index contributed by atoms with van der Waals surface area (Å²) in [6, 6.07) is 19.0. The van der Waals surface area contributed by atoms with Crippen molar-refractivity contribution in [2.45, 2.75) is 26.8 Å². The van der Waals surface area contributed by atoms with Crippen molar-refractivity contribution < 1.29 is 9.59 Å². The van der Waals surface area contributed by atoms with E-state index < -0.39 is 0 Å². The number of imidazole rings is 1. The van der Waals surface area contributed by atoms with E-state index in [0.29, 0.717) is 24.3 Å². The van der Waals surface area contributed by atoms with Gasteiger partial charge in [0.05, 0.1) is 0 Å². The second-order valence-electron chi connectivity index (χ2n) is 7.67. The van der Waals surface area contributed by atoms with Gasteiger partial charge in [-0.05, 0) is 49.7 Å². The van der Waals surface area contributed by atoms with Gasteiger partial charge < -0.3 is 15.2 Å². The zero-order valence-electron chi connectivity index (χ0n) is 18.1. The second-order valence-corrected chi connectivity index (χ2v) is 7.67. The van der Waals surface area contributed by atoms with Crippen LogP contribution in [0.1, 0.15) is 29.3 Å². The highest BCUT2D eigenvalue weighted by Gasteiger charge is 2.13. The minimum atomic E-state index is -0.147. The van der Waals surface area contributed by atoms with Gasteiger partial charge in [-0.2, -0.15) is 0 Å². The van der Waals surface area contributed by atoms with Gasteiger partial charge in [0.25, 0.3) is 5.91 Å². The number of hydrogen-bond donors (Lipinski definition) is 2. The molecule has 0 bridgehead atoms. The molecule has 2 aromatic carbocycles. The molecular formula is C25H25N5O2. The topological polar surface area (TPSA) is 88.9 Å². The van der Waals surface area contributed by atoms with Gasteiger partial charge >= 0.3 is 0 Å². The van der Waals surface area contributed by atoms with Crippen molar-refractivity contribution in [3.63, 3.8) is 0 Å². The molecule has 2 N–H and O–H groups in total. The average molecular weight is 428 g/mol. The van der Waals surface area contributed by atoms with Gasteiger partial charge in [-0.25, -0.2) is 9.97 Å². The number of pyridine rings is 1. The molecule has 2 heterocycles. The standard InChI is InChI=1S/C25H25N5O2/c1-17-6-8-19(9-7-17)23-29-22-5-3-14-26-24(22)30(23)16-4-15-27-25(32)20-10-12-21(13-11-20)28-18(2)31/h3,5-14H,4,15-16H2,1-2H3,(H,27,32)(H,28,31). The van der Waals surface area contributed by atoms with Crippen molar-refractivity contribution in [1.29, 1.82) is 0 Å². The smallest absolute Gasteiger partial charge is 0.251 e. The van der Waals surface area contributed by atoms with E-state index in [0.717, 1.165) is 29.0 Å². The van der Waals surface area contributed by atoms with Crippen molar-refractivity contribution in [2.75, 3.05) is 11.9 Å². The SMILES string of the molecule is CC(=O)Nc1ccc(C(=O)NCCCn2c(-c3ccc(C)cc3)nc3cccnc32)cc1. The van der Waals surface area contributed by atoms with Gasteiger partial charge in [-0.3, -0.25) is 9.59 Å². The lowest BCUT2D eigenvalue weighted by molar-refractivity contribution is -0.114. The molecule has 162 valence electrons. The third-order valence-corrected chi connectivity index (χ3v) is 5.13. The van der Waals surface area contributed by atoms with E-state index in [4.69, 9.17) is 4.98 Å². The Morgan fingerprint density at radius 1 is 1.00 bits per heavy atom. The molecule has 4 aromatic rings. The number of hydrogen-bond acceptors (Lipinski definition) is 4. The Labute approximate surface area is 186 Å². The number of carbonyl (C=O) groups excluding carboxylic acids is 2. The van der Waals surface area contributed by atoms with E-state index in [1.807, 2.05) is 12.1 Å². The van der Waals surface area contributed by atoms with Crippen LogP contribution in [0.15, 0.2) is 66.9 Å². The predicted octanol–water partition coefficient (Wildman–Crippen LogP) is 4.19. The Bertz CT molecular complexity index is 1240. The first kappa shape index (κ1) is 21.2. The Morgan fingerprint density at radius 3 is 2.47 bits per heavy atom. The summed E-state index contributed by atoms with van der Waals surface area (Å²) in [5.74, 6) is 0.582. The van der Waals surface area contributed by atoms with Crippen LogP contribution in [0.4, 0.5) is 5.69 Å². The molecule has 0 fully saturated rings. The van der Waals surface area contributed by atoms with Gasteiger partial charge in [-0.1, -0.05) is 29.8 Å². The summed E-state index contributed by atoms with van der Waals surface area (Å²) in [7, 11) is 0. The van der Waals surface area contributed by atoms with E-state index in [2.05, 4.69) is 51.4 Å². The van der Waals surface area contributed by atoms with Crippen molar-refractivity contribution in [1.82, 2.24) is 19.9 Å². The lowest BCUT2D eigenvalue weighted by Crippen LogP contribution is -2.25. The maximum Gasteiger partial charge on any atom is 0.251 e. The van der Waals surface area contributed by atoms with Gasteiger partial charge in [0, 0.05) is 43.0 Å².